The lowest BCUT2D eigenvalue weighted by molar-refractivity contribution is -0.101. The molecule has 2 bridgehead atoms. The molecule has 0 saturated heterocycles. The second kappa shape index (κ2) is 1.07. The largest absolute Gasteiger partial charge is 0.198 e. The number of nitriles is 1. The lowest BCUT2D eigenvalue weighted by Gasteiger charge is -2.61. The smallest absolute Gasteiger partial charge is 0.0627 e. The van der Waals surface area contributed by atoms with Crippen molar-refractivity contribution in [2.45, 2.75) is 25.7 Å². The van der Waals surface area contributed by atoms with Crippen LogP contribution in [0.5, 0.6) is 0 Å². The molecule has 3 rings (SSSR count). The van der Waals surface area contributed by atoms with Gasteiger partial charge in [0.1, 0.15) is 0 Å². The third-order valence-corrected chi connectivity index (χ3v) is 2.62. The van der Waals surface area contributed by atoms with Crippen molar-refractivity contribution >= 4 is 0 Å². The minimum absolute atomic E-state index is 0.555. The molecule has 0 unspecified atom stereocenters. The average molecular weight is 107 g/mol. The first-order valence-corrected chi connectivity index (χ1v) is 3.22. The van der Waals surface area contributed by atoms with Crippen LogP contribution in [0.25, 0.3) is 0 Å². The Balaban J connectivity index is 1.98. The highest BCUT2D eigenvalue weighted by molar-refractivity contribution is 5.09. The van der Waals surface area contributed by atoms with Gasteiger partial charge >= 0.3 is 0 Å². The molecule has 0 atom stereocenters. The van der Waals surface area contributed by atoms with Crippen LogP contribution in [0.1, 0.15) is 25.7 Å². The van der Waals surface area contributed by atoms with Crippen molar-refractivity contribution in [2.24, 2.45) is 11.3 Å². The highest BCUT2D eigenvalue weighted by Crippen LogP contribution is 2.65. The first kappa shape index (κ1) is 4.38. The minimum Gasteiger partial charge on any atom is -0.198 e. The average Bonchev–Trinajstić information content (AvgIpc) is 1.50. The molecule has 3 aliphatic carbocycles. The summed E-state index contributed by atoms with van der Waals surface area (Å²) in [6.45, 7) is 0. The lowest BCUT2D eigenvalue weighted by atomic mass is 9.43. The molecular formula is C7H9N. The maximum absolute atomic E-state index is 8.34. The van der Waals surface area contributed by atoms with Crippen molar-refractivity contribution in [1.29, 1.82) is 5.26 Å². The van der Waals surface area contributed by atoms with Crippen LogP contribution in [0.15, 0.2) is 0 Å². The fraction of sp³-hybridized carbons (Fsp3) is 0.857. The molecule has 0 radical (unpaired) electrons. The minimum atomic E-state index is 0.555. The zero-order chi connectivity index (χ0) is 5.61. The van der Waals surface area contributed by atoms with E-state index < -0.39 is 0 Å². The zero-order valence-electron chi connectivity index (χ0n) is 4.85. The number of hydrogen-bond acceptors (Lipinski definition) is 1. The summed E-state index contributed by atoms with van der Waals surface area (Å²) in [5.74, 6) is 1.03. The summed E-state index contributed by atoms with van der Waals surface area (Å²) < 4.78 is 0. The fourth-order valence-corrected chi connectivity index (χ4v) is 2.04. The summed E-state index contributed by atoms with van der Waals surface area (Å²) in [5.41, 5.74) is 0.555. The summed E-state index contributed by atoms with van der Waals surface area (Å²) in [6.07, 6.45) is 4.91. The Kier molecular flexibility index (Phi) is 0.588. The van der Waals surface area contributed by atoms with Crippen LogP contribution in [0.2, 0.25) is 0 Å². The van der Waals surface area contributed by atoms with Crippen molar-refractivity contribution in [2.75, 3.05) is 0 Å². The third-order valence-electron chi connectivity index (χ3n) is 2.62. The molecule has 0 N–H and O–H groups in total. The molecule has 1 heteroatoms. The van der Waals surface area contributed by atoms with Gasteiger partial charge in [0.25, 0.3) is 0 Å². The molecule has 0 aromatic carbocycles. The van der Waals surface area contributed by atoms with Crippen LogP contribution in [0.3, 0.4) is 0 Å². The van der Waals surface area contributed by atoms with Crippen LogP contribution >= 0.6 is 0 Å². The summed E-state index contributed by atoms with van der Waals surface area (Å²) >= 11 is 0. The Hall–Kier alpha value is -0.510. The normalized spacial score (nSPS) is 48.6. The molecule has 1 nitrogen and oxygen atoms in total. The van der Waals surface area contributed by atoms with Crippen molar-refractivity contribution < 1.29 is 0 Å². The highest BCUT2D eigenvalue weighted by Gasteiger charge is 2.55. The molecule has 0 amide bonds. The molecular weight excluding hydrogens is 98.1 g/mol. The van der Waals surface area contributed by atoms with E-state index in [1.165, 1.54) is 19.3 Å². The number of rotatable bonds is 1. The topological polar surface area (TPSA) is 23.8 Å². The van der Waals surface area contributed by atoms with Gasteiger partial charge in [0.2, 0.25) is 0 Å². The van der Waals surface area contributed by atoms with E-state index in [1.54, 1.807) is 0 Å². The lowest BCUT2D eigenvalue weighted by Crippen LogP contribution is -2.51. The van der Waals surface area contributed by atoms with E-state index in [4.69, 9.17) is 5.26 Å². The van der Waals surface area contributed by atoms with Gasteiger partial charge in [-0.15, -0.1) is 0 Å². The molecule has 0 aromatic rings. The second-order valence-corrected chi connectivity index (χ2v) is 3.31. The first-order chi connectivity index (χ1) is 3.85. The maximum atomic E-state index is 8.34. The van der Waals surface area contributed by atoms with Crippen LogP contribution in [-0.4, -0.2) is 0 Å². The molecule has 3 fully saturated rings. The molecule has 8 heavy (non-hydrogen) atoms. The van der Waals surface area contributed by atoms with Crippen molar-refractivity contribution in [3.05, 3.63) is 0 Å². The predicted molar refractivity (Wildman–Crippen MR) is 30.0 cm³/mol. The van der Waals surface area contributed by atoms with Gasteiger partial charge in [-0.2, -0.15) is 5.26 Å². The van der Waals surface area contributed by atoms with Gasteiger partial charge in [-0.25, -0.2) is 0 Å². The molecule has 0 aromatic heterocycles. The predicted octanol–water partition coefficient (Wildman–Crippen LogP) is 1.70. The third kappa shape index (κ3) is 0.324. The van der Waals surface area contributed by atoms with Crippen LogP contribution in [0, 0.1) is 22.7 Å². The van der Waals surface area contributed by atoms with Crippen LogP contribution < -0.4 is 0 Å². The molecule has 3 saturated carbocycles. The van der Waals surface area contributed by atoms with Gasteiger partial charge < -0.3 is 0 Å². The summed E-state index contributed by atoms with van der Waals surface area (Å²) in [7, 11) is 0. The quantitative estimate of drug-likeness (QED) is 0.500. The molecule has 0 heterocycles. The first-order valence-electron chi connectivity index (χ1n) is 3.22. The Morgan fingerprint density at radius 2 is 2.12 bits per heavy atom. The van der Waals surface area contributed by atoms with E-state index in [-0.39, 0.29) is 0 Å². The van der Waals surface area contributed by atoms with E-state index in [0.29, 0.717) is 5.41 Å². The van der Waals surface area contributed by atoms with E-state index >= 15 is 0 Å². The van der Waals surface area contributed by atoms with E-state index in [1.807, 2.05) is 0 Å². The Labute approximate surface area is 49.3 Å². The monoisotopic (exact) mass is 107 g/mol. The summed E-state index contributed by atoms with van der Waals surface area (Å²) in [5, 5.41) is 8.34. The van der Waals surface area contributed by atoms with Crippen molar-refractivity contribution in [3.63, 3.8) is 0 Å². The maximum Gasteiger partial charge on any atom is 0.0627 e. The standard InChI is InChI=1S/C7H9N/c8-2-1-7-3-6(4-7)5-7/h6H,1,3-5H2. The fourth-order valence-electron chi connectivity index (χ4n) is 2.04. The Bertz CT molecular complexity index is 137. The van der Waals surface area contributed by atoms with Crippen molar-refractivity contribution in [1.82, 2.24) is 0 Å². The van der Waals surface area contributed by atoms with Crippen molar-refractivity contribution in [3.8, 4) is 6.07 Å². The zero-order valence-corrected chi connectivity index (χ0v) is 4.85. The molecule has 0 aliphatic heterocycles. The van der Waals surface area contributed by atoms with Gasteiger partial charge in [-0.1, -0.05) is 0 Å². The summed E-state index contributed by atoms with van der Waals surface area (Å²) in [4.78, 5) is 0. The number of hydrogen-bond donors (Lipinski definition) is 0. The molecule has 3 aliphatic rings. The van der Waals surface area contributed by atoms with Gasteiger partial charge in [0, 0.05) is 6.42 Å². The Morgan fingerprint density at radius 3 is 2.25 bits per heavy atom. The van der Waals surface area contributed by atoms with Gasteiger partial charge in [0.05, 0.1) is 6.07 Å². The van der Waals surface area contributed by atoms with Gasteiger partial charge in [-0.3, -0.25) is 0 Å². The van der Waals surface area contributed by atoms with E-state index in [9.17, 15) is 0 Å². The highest BCUT2D eigenvalue weighted by atomic mass is 14.6. The van der Waals surface area contributed by atoms with Crippen LogP contribution in [0.4, 0.5) is 0 Å². The number of nitrogens with zero attached hydrogens (tertiary/aromatic N) is 1. The second-order valence-electron chi connectivity index (χ2n) is 3.31. The van der Waals surface area contributed by atoms with Crippen LogP contribution in [-0.2, 0) is 0 Å². The van der Waals surface area contributed by atoms with E-state index in [0.717, 1.165) is 12.3 Å². The van der Waals surface area contributed by atoms with Gasteiger partial charge in [0.15, 0.2) is 0 Å². The van der Waals surface area contributed by atoms with Gasteiger partial charge in [-0.05, 0) is 30.6 Å². The Morgan fingerprint density at radius 1 is 1.50 bits per heavy atom. The molecule has 0 spiro atoms. The SMILES string of the molecule is N#CCC12CC(C1)C2. The van der Waals surface area contributed by atoms with E-state index in [2.05, 4.69) is 6.07 Å². The molecule has 42 valence electrons. The summed E-state index contributed by atoms with van der Waals surface area (Å²) in [6, 6.07) is 2.25.